The molecule has 3 rings (SSSR count). The number of oxime groups is 1. The van der Waals surface area contributed by atoms with Gasteiger partial charge >= 0.3 is 0 Å². The second kappa shape index (κ2) is 5.17. The van der Waals surface area contributed by atoms with Crippen LogP contribution in [0.2, 0.25) is 0 Å². The van der Waals surface area contributed by atoms with Crippen molar-refractivity contribution in [3.63, 3.8) is 0 Å². The second-order valence-electron chi connectivity index (χ2n) is 4.65. The van der Waals surface area contributed by atoms with Gasteiger partial charge in [-0.1, -0.05) is 35.5 Å². The number of ether oxygens (including phenoxy) is 1. The number of hydrogen-bond acceptors (Lipinski definition) is 4. The average Bonchev–Trinajstić information content (AvgIpc) is 2.82. The molecule has 0 aromatic heterocycles. The smallest absolute Gasteiger partial charge is 0.211 e. The number of hydrogen-bond donors (Lipinski definition) is 1. The van der Waals surface area contributed by atoms with E-state index < -0.39 is 0 Å². The summed E-state index contributed by atoms with van der Waals surface area (Å²) in [6.07, 6.45) is 0.354. The van der Waals surface area contributed by atoms with Gasteiger partial charge < -0.3 is 9.94 Å². The molecule has 0 fully saturated rings. The molecule has 0 aliphatic heterocycles. The molecule has 0 amide bonds. The molecule has 1 N–H and O–H groups in total. The number of carbonyl (C=O) groups is 1. The van der Waals surface area contributed by atoms with Crippen molar-refractivity contribution in [1.82, 2.24) is 0 Å². The Labute approximate surface area is 116 Å². The van der Waals surface area contributed by atoms with Crippen molar-refractivity contribution < 1.29 is 14.7 Å². The third-order valence-electron chi connectivity index (χ3n) is 3.31. The fourth-order valence-electron chi connectivity index (χ4n) is 2.27. The molecule has 20 heavy (non-hydrogen) atoms. The lowest BCUT2D eigenvalue weighted by molar-refractivity contribution is 0.106. The number of nitrogens with zero attached hydrogens (tertiary/aromatic N) is 1. The summed E-state index contributed by atoms with van der Waals surface area (Å²) in [5.41, 5.74) is 2.69. The zero-order valence-corrected chi connectivity index (χ0v) is 10.7. The van der Waals surface area contributed by atoms with E-state index in [0.29, 0.717) is 24.3 Å². The lowest BCUT2D eigenvalue weighted by atomic mass is 10.1. The molecule has 0 unspecified atom stereocenters. The Balaban J connectivity index is 1.76. The predicted octanol–water partition coefficient (Wildman–Crippen LogP) is 2.83. The first-order valence-corrected chi connectivity index (χ1v) is 6.33. The molecule has 2 aromatic carbocycles. The van der Waals surface area contributed by atoms with Crippen LogP contribution in [0.15, 0.2) is 53.7 Å². The maximum atomic E-state index is 11.8. The van der Waals surface area contributed by atoms with E-state index in [0.717, 1.165) is 11.1 Å². The van der Waals surface area contributed by atoms with Crippen molar-refractivity contribution in [2.75, 3.05) is 0 Å². The standard InChI is InChI=1S/C16H13NO3/c18-16-14-7-6-13(8-12(14)9-15(16)17-19)20-10-11-4-2-1-3-5-11/h1-8,19H,9-10H2/b17-15+. The lowest BCUT2D eigenvalue weighted by Gasteiger charge is -2.07. The Kier molecular flexibility index (Phi) is 3.21. The topological polar surface area (TPSA) is 58.9 Å². The highest BCUT2D eigenvalue weighted by Gasteiger charge is 2.27. The van der Waals surface area contributed by atoms with Crippen LogP contribution in [0.4, 0.5) is 0 Å². The number of rotatable bonds is 3. The normalized spacial score (nSPS) is 15.4. The van der Waals surface area contributed by atoms with Crippen LogP contribution in [-0.2, 0) is 13.0 Å². The van der Waals surface area contributed by atoms with Crippen LogP contribution in [0.5, 0.6) is 5.75 Å². The van der Waals surface area contributed by atoms with E-state index in [-0.39, 0.29) is 11.5 Å². The Morgan fingerprint density at radius 1 is 1.15 bits per heavy atom. The Morgan fingerprint density at radius 2 is 1.95 bits per heavy atom. The van der Waals surface area contributed by atoms with Crippen LogP contribution in [0.3, 0.4) is 0 Å². The zero-order chi connectivity index (χ0) is 13.9. The largest absolute Gasteiger partial charge is 0.489 e. The van der Waals surface area contributed by atoms with Crippen LogP contribution in [0.1, 0.15) is 21.5 Å². The summed E-state index contributed by atoms with van der Waals surface area (Å²) < 4.78 is 5.71. The molecule has 0 heterocycles. The first-order valence-electron chi connectivity index (χ1n) is 6.33. The van der Waals surface area contributed by atoms with Crippen molar-refractivity contribution in [2.24, 2.45) is 5.16 Å². The number of ketones is 1. The van der Waals surface area contributed by atoms with Gasteiger partial charge in [-0.25, -0.2) is 0 Å². The average molecular weight is 267 g/mol. The van der Waals surface area contributed by atoms with Gasteiger partial charge in [-0.15, -0.1) is 0 Å². The van der Waals surface area contributed by atoms with Crippen LogP contribution in [-0.4, -0.2) is 16.7 Å². The monoisotopic (exact) mass is 267 g/mol. The van der Waals surface area contributed by atoms with Gasteiger partial charge in [0.2, 0.25) is 5.78 Å². The van der Waals surface area contributed by atoms with Gasteiger partial charge in [0.1, 0.15) is 18.1 Å². The number of carbonyl (C=O) groups excluding carboxylic acids is 1. The van der Waals surface area contributed by atoms with E-state index >= 15 is 0 Å². The van der Waals surface area contributed by atoms with Gasteiger partial charge in [-0.3, -0.25) is 4.79 Å². The minimum atomic E-state index is -0.211. The molecule has 100 valence electrons. The quantitative estimate of drug-likeness (QED) is 0.687. The molecule has 0 saturated carbocycles. The number of benzene rings is 2. The van der Waals surface area contributed by atoms with Crippen molar-refractivity contribution in [3.8, 4) is 5.75 Å². The van der Waals surface area contributed by atoms with E-state index in [1.165, 1.54) is 0 Å². The molecule has 0 spiro atoms. The fraction of sp³-hybridized carbons (Fsp3) is 0.125. The van der Waals surface area contributed by atoms with Gasteiger partial charge in [0, 0.05) is 12.0 Å². The molecular weight excluding hydrogens is 254 g/mol. The van der Waals surface area contributed by atoms with Crippen molar-refractivity contribution in [2.45, 2.75) is 13.0 Å². The first kappa shape index (κ1) is 12.4. The van der Waals surface area contributed by atoms with Crippen LogP contribution in [0.25, 0.3) is 0 Å². The maximum absolute atomic E-state index is 11.8. The fourth-order valence-corrected chi connectivity index (χ4v) is 2.27. The number of fused-ring (bicyclic) bond motifs is 1. The van der Waals surface area contributed by atoms with E-state index in [2.05, 4.69) is 5.16 Å². The van der Waals surface area contributed by atoms with E-state index in [1.54, 1.807) is 12.1 Å². The predicted molar refractivity (Wildman–Crippen MR) is 74.5 cm³/mol. The summed E-state index contributed by atoms with van der Waals surface area (Å²) in [7, 11) is 0. The minimum absolute atomic E-state index is 0.181. The summed E-state index contributed by atoms with van der Waals surface area (Å²) in [4.78, 5) is 11.8. The lowest BCUT2D eigenvalue weighted by Crippen LogP contribution is -2.06. The first-order chi connectivity index (χ1) is 9.78. The molecule has 0 radical (unpaired) electrons. The highest BCUT2D eigenvalue weighted by Crippen LogP contribution is 2.25. The maximum Gasteiger partial charge on any atom is 0.211 e. The SMILES string of the molecule is O=C1/C(=N/O)Cc2cc(OCc3ccccc3)ccc21. The van der Waals surface area contributed by atoms with E-state index in [4.69, 9.17) is 9.94 Å². The Bertz CT molecular complexity index is 677. The summed E-state index contributed by atoms with van der Waals surface area (Å²) in [6.45, 7) is 0.481. The third kappa shape index (κ3) is 2.28. The van der Waals surface area contributed by atoms with E-state index in [1.807, 2.05) is 36.4 Å². The van der Waals surface area contributed by atoms with Gasteiger partial charge in [0.05, 0.1) is 0 Å². The summed E-state index contributed by atoms with van der Waals surface area (Å²) in [6, 6.07) is 15.2. The van der Waals surface area contributed by atoms with Crippen LogP contribution >= 0.6 is 0 Å². The molecular formula is C16H13NO3. The summed E-state index contributed by atoms with van der Waals surface area (Å²) in [5, 5.41) is 11.8. The van der Waals surface area contributed by atoms with Gasteiger partial charge in [0.15, 0.2) is 0 Å². The highest BCUT2D eigenvalue weighted by atomic mass is 16.5. The molecule has 4 nitrogen and oxygen atoms in total. The van der Waals surface area contributed by atoms with Crippen molar-refractivity contribution in [3.05, 3.63) is 65.2 Å². The third-order valence-corrected chi connectivity index (χ3v) is 3.31. The van der Waals surface area contributed by atoms with Crippen molar-refractivity contribution >= 4 is 11.5 Å². The Morgan fingerprint density at radius 3 is 2.70 bits per heavy atom. The number of Topliss-reactive ketones (excluding diaryl/α,β-unsaturated/α-hetero) is 1. The molecule has 4 heteroatoms. The van der Waals surface area contributed by atoms with Gasteiger partial charge in [-0.05, 0) is 29.3 Å². The summed E-state index contributed by atoms with van der Waals surface area (Å²) >= 11 is 0. The summed E-state index contributed by atoms with van der Waals surface area (Å²) in [5.74, 6) is 0.497. The van der Waals surface area contributed by atoms with Crippen LogP contribution in [0, 0.1) is 0 Å². The molecule has 1 aliphatic rings. The minimum Gasteiger partial charge on any atom is -0.489 e. The highest BCUT2D eigenvalue weighted by molar-refractivity contribution is 6.49. The zero-order valence-electron chi connectivity index (χ0n) is 10.7. The molecule has 0 saturated heterocycles. The van der Waals surface area contributed by atoms with Gasteiger partial charge in [-0.2, -0.15) is 0 Å². The van der Waals surface area contributed by atoms with Gasteiger partial charge in [0.25, 0.3) is 0 Å². The molecule has 0 bridgehead atoms. The molecule has 0 atom stereocenters. The Hall–Kier alpha value is -2.62. The molecule has 1 aliphatic carbocycles. The second-order valence-corrected chi connectivity index (χ2v) is 4.65. The van der Waals surface area contributed by atoms with E-state index in [9.17, 15) is 4.79 Å². The van der Waals surface area contributed by atoms with Crippen molar-refractivity contribution in [1.29, 1.82) is 0 Å². The molecule has 2 aromatic rings. The van der Waals surface area contributed by atoms with Crippen LogP contribution < -0.4 is 4.74 Å².